The first-order valence-corrected chi connectivity index (χ1v) is 5.93. The Bertz CT molecular complexity index is 257. The van der Waals surface area contributed by atoms with Crippen molar-refractivity contribution in [1.82, 2.24) is 0 Å². The zero-order valence-corrected chi connectivity index (χ0v) is 12.5. The van der Waals surface area contributed by atoms with Crippen LogP contribution in [0.4, 0.5) is 0 Å². The SMILES string of the molecule is C.C.C=C/C=C1C=C(/C=C/C)CCC/1.CCC.P. The molecule has 1 unspecified atom stereocenters. The van der Waals surface area contributed by atoms with Gasteiger partial charge in [-0.3, -0.25) is 0 Å². The molecule has 108 valence electrons. The highest BCUT2D eigenvalue weighted by atomic mass is 31.0. The van der Waals surface area contributed by atoms with Gasteiger partial charge in [-0.1, -0.05) is 72.1 Å². The van der Waals surface area contributed by atoms with Crippen LogP contribution < -0.4 is 0 Å². The molecule has 0 N–H and O–H groups in total. The summed E-state index contributed by atoms with van der Waals surface area (Å²) >= 11 is 0. The van der Waals surface area contributed by atoms with Crippen LogP contribution in [0.1, 0.15) is 61.3 Å². The predicted molar refractivity (Wildman–Crippen MR) is 95.6 cm³/mol. The summed E-state index contributed by atoms with van der Waals surface area (Å²) < 4.78 is 0. The molecule has 0 bridgehead atoms. The lowest BCUT2D eigenvalue weighted by atomic mass is 9.95. The van der Waals surface area contributed by atoms with E-state index in [1.807, 2.05) is 6.08 Å². The Labute approximate surface area is 120 Å². The van der Waals surface area contributed by atoms with E-state index in [0.717, 1.165) is 0 Å². The van der Waals surface area contributed by atoms with Gasteiger partial charge < -0.3 is 0 Å². The van der Waals surface area contributed by atoms with Crippen molar-refractivity contribution in [2.45, 2.75) is 61.3 Å². The first-order chi connectivity index (χ1) is 7.28. The molecule has 0 nitrogen and oxygen atoms in total. The number of allylic oxidation sites excluding steroid dienone is 7. The van der Waals surface area contributed by atoms with Crippen LogP contribution in [0.5, 0.6) is 0 Å². The lowest BCUT2D eigenvalue weighted by molar-refractivity contribution is 0.797. The van der Waals surface area contributed by atoms with Gasteiger partial charge in [-0.15, -0.1) is 0 Å². The van der Waals surface area contributed by atoms with Crippen LogP contribution in [0.2, 0.25) is 0 Å². The zero-order chi connectivity index (χ0) is 11.5. The summed E-state index contributed by atoms with van der Waals surface area (Å²) in [5.41, 5.74) is 2.85. The minimum Gasteiger partial charge on any atom is -0.153 e. The summed E-state index contributed by atoms with van der Waals surface area (Å²) in [6.45, 7) is 10.0. The van der Waals surface area contributed by atoms with Crippen molar-refractivity contribution >= 4 is 9.90 Å². The smallest absolute Gasteiger partial charge is 0.0276 e. The molecule has 0 fully saturated rings. The van der Waals surface area contributed by atoms with Gasteiger partial charge in [-0.2, -0.15) is 9.90 Å². The molecule has 18 heavy (non-hydrogen) atoms. The van der Waals surface area contributed by atoms with Crippen LogP contribution >= 0.6 is 9.90 Å². The van der Waals surface area contributed by atoms with E-state index >= 15 is 0 Å². The van der Waals surface area contributed by atoms with E-state index in [1.165, 1.54) is 36.8 Å². The summed E-state index contributed by atoms with van der Waals surface area (Å²) in [5, 5.41) is 0. The summed E-state index contributed by atoms with van der Waals surface area (Å²) in [6.07, 6.45) is 15.5. The fourth-order valence-corrected chi connectivity index (χ4v) is 1.51. The van der Waals surface area contributed by atoms with Gasteiger partial charge in [0.1, 0.15) is 0 Å². The average Bonchev–Trinajstić information content (AvgIpc) is 2.20. The Morgan fingerprint density at radius 3 is 2.22 bits per heavy atom. The topological polar surface area (TPSA) is 0 Å². The van der Waals surface area contributed by atoms with E-state index in [2.05, 4.69) is 51.7 Å². The first-order valence-electron chi connectivity index (χ1n) is 5.93. The van der Waals surface area contributed by atoms with Gasteiger partial charge in [-0.25, -0.2) is 0 Å². The summed E-state index contributed by atoms with van der Waals surface area (Å²) in [7, 11) is 0. The van der Waals surface area contributed by atoms with Crippen LogP contribution in [0, 0.1) is 0 Å². The van der Waals surface area contributed by atoms with Crippen LogP contribution in [-0.2, 0) is 0 Å². The minimum atomic E-state index is 0. The van der Waals surface area contributed by atoms with Crippen LogP contribution in [0.15, 0.2) is 48.1 Å². The van der Waals surface area contributed by atoms with Crippen LogP contribution in [0.25, 0.3) is 0 Å². The second-order valence-corrected chi connectivity index (χ2v) is 3.76. The van der Waals surface area contributed by atoms with E-state index in [0.29, 0.717) is 0 Å². The van der Waals surface area contributed by atoms with Gasteiger partial charge in [0, 0.05) is 0 Å². The maximum atomic E-state index is 3.70. The Balaban J connectivity index is -0.000000149. The van der Waals surface area contributed by atoms with Crippen molar-refractivity contribution in [3.05, 3.63) is 48.1 Å². The van der Waals surface area contributed by atoms with E-state index in [-0.39, 0.29) is 24.8 Å². The van der Waals surface area contributed by atoms with Crippen molar-refractivity contribution in [3.63, 3.8) is 0 Å². The van der Waals surface area contributed by atoms with Gasteiger partial charge in [-0.05, 0) is 37.3 Å². The van der Waals surface area contributed by atoms with E-state index in [1.54, 1.807) is 0 Å². The van der Waals surface area contributed by atoms with Crippen molar-refractivity contribution in [1.29, 1.82) is 0 Å². The average molecular weight is 270 g/mol. The molecular weight excluding hydrogens is 235 g/mol. The fraction of sp³-hybridized carbons (Fsp3) is 0.529. The molecule has 0 aromatic carbocycles. The van der Waals surface area contributed by atoms with Gasteiger partial charge >= 0.3 is 0 Å². The molecule has 0 aliphatic heterocycles. The quantitative estimate of drug-likeness (QED) is 0.500. The van der Waals surface area contributed by atoms with Crippen LogP contribution in [0.3, 0.4) is 0 Å². The van der Waals surface area contributed by atoms with Crippen molar-refractivity contribution in [2.75, 3.05) is 0 Å². The lowest BCUT2D eigenvalue weighted by Crippen LogP contribution is -1.91. The Hall–Kier alpha value is -0.610. The highest BCUT2D eigenvalue weighted by Crippen LogP contribution is 2.22. The lowest BCUT2D eigenvalue weighted by Gasteiger charge is -2.11. The summed E-state index contributed by atoms with van der Waals surface area (Å²) in [4.78, 5) is 0. The third-order valence-electron chi connectivity index (χ3n) is 2.01. The molecule has 0 radical (unpaired) electrons. The molecule has 1 aliphatic carbocycles. The largest absolute Gasteiger partial charge is 0.153 e. The molecular formula is C17H35P. The van der Waals surface area contributed by atoms with Crippen LogP contribution in [-0.4, -0.2) is 0 Å². The maximum absolute atomic E-state index is 3.70. The third kappa shape index (κ3) is 13.5. The highest BCUT2D eigenvalue weighted by molar-refractivity contribution is 6.92. The molecule has 0 spiro atoms. The predicted octanol–water partition coefficient (Wildman–Crippen LogP) is 6.53. The monoisotopic (exact) mass is 270 g/mol. The highest BCUT2D eigenvalue weighted by Gasteiger charge is 2.03. The van der Waals surface area contributed by atoms with Gasteiger partial charge in [0.15, 0.2) is 0 Å². The second-order valence-electron chi connectivity index (χ2n) is 3.76. The molecule has 0 aromatic rings. The first kappa shape index (κ1) is 26.1. The Kier molecular flexibility index (Phi) is 27.1. The standard InChI is InChI=1S/C12H16.C3H8.2CH4.H3P/c1-3-6-11-8-5-9-12(10-11)7-4-2;1-3-2;;;/h3-4,6-7,10H,1,5,8-9H2,2H3;3H2,1-2H3;2*1H4;1H3/b7-4+,11-6+;;;;. The fourth-order valence-electron chi connectivity index (χ4n) is 1.51. The molecule has 1 rings (SSSR count). The molecule has 0 saturated carbocycles. The summed E-state index contributed by atoms with van der Waals surface area (Å²) in [5.74, 6) is 0. The van der Waals surface area contributed by atoms with Gasteiger partial charge in [0.05, 0.1) is 0 Å². The van der Waals surface area contributed by atoms with E-state index in [4.69, 9.17) is 0 Å². The molecule has 1 heteroatoms. The molecule has 1 aliphatic rings. The van der Waals surface area contributed by atoms with Gasteiger partial charge in [0.2, 0.25) is 0 Å². The Morgan fingerprint density at radius 1 is 1.22 bits per heavy atom. The van der Waals surface area contributed by atoms with Crippen molar-refractivity contribution < 1.29 is 0 Å². The summed E-state index contributed by atoms with van der Waals surface area (Å²) in [6, 6.07) is 0. The minimum absolute atomic E-state index is 0. The number of rotatable bonds is 2. The molecule has 0 aromatic heterocycles. The molecule has 0 heterocycles. The van der Waals surface area contributed by atoms with Crippen molar-refractivity contribution in [2.24, 2.45) is 0 Å². The molecule has 0 amide bonds. The Morgan fingerprint density at radius 2 is 1.78 bits per heavy atom. The van der Waals surface area contributed by atoms with Gasteiger partial charge in [0.25, 0.3) is 0 Å². The molecule has 1 atom stereocenters. The van der Waals surface area contributed by atoms with E-state index in [9.17, 15) is 0 Å². The number of hydrogen-bond donors (Lipinski definition) is 0. The van der Waals surface area contributed by atoms with E-state index < -0.39 is 0 Å². The third-order valence-corrected chi connectivity index (χ3v) is 2.01. The number of hydrogen-bond acceptors (Lipinski definition) is 0. The van der Waals surface area contributed by atoms with Crippen molar-refractivity contribution in [3.8, 4) is 0 Å². The normalized spacial score (nSPS) is 15.3. The molecule has 0 saturated heterocycles. The zero-order valence-electron chi connectivity index (χ0n) is 11.1. The second kappa shape index (κ2) is 18.7. The maximum Gasteiger partial charge on any atom is -0.0276 e.